The number of carbonyl (C=O) groups excluding carboxylic acids is 2. The van der Waals surface area contributed by atoms with Crippen LogP contribution in [0.15, 0.2) is 106 Å². The number of hydrogen-bond donors (Lipinski definition) is 3. The van der Waals surface area contributed by atoms with Crippen LogP contribution in [0.4, 0.5) is 0 Å². The number of benzene rings is 4. The summed E-state index contributed by atoms with van der Waals surface area (Å²) in [4.78, 5) is 28.5. The number of aliphatic hydroxyl groups excluding tert-OH is 3. The summed E-state index contributed by atoms with van der Waals surface area (Å²) in [5.74, 6) is -0.497. The molecule has 4 rings (SSSR count). The normalized spacial score (nSPS) is 11.4. The Morgan fingerprint density at radius 2 is 1.33 bits per heavy atom. The van der Waals surface area contributed by atoms with Gasteiger partial charge in [-0.25, -0.2) is 0 Å². The molecule has 1 amide bonds. The van der Waals surface area contributed by atoms with Crippen molar-refractivity contribution in [2.24, 2.45) is 0 Å². The highest BCUT2D eigenvalue weighted by molar-refractivity contribution is 9.10. The van der Waals surface area contributed by atoms with Crippen LogP contribution in [0.25, 0.3) is 0 Å². The number of nitrogens with zero attached hydrogens (tertiary/aromatic N) is 2. The van der Waals surface area contributed by atoms with Crippen molar-refractivity contribution in [2.75, 3.05) is 40.4 Å². The number of carbonyl (C=O) groups is 2. The number of aliphatic hydroxyl groups is 3. The molecule has 1 atom stereocenters. The number of hydrogen-bond acceptors (Lipinski definition) is 6. The smallest absolute Gasteiger partial charge is 0.254 e. The molecule has 4 aromatic carbocycles. The summed E-state index contributed by atoms with van der Waals surface area (Å²) in [7, 11) is 3.55. The van der Waals surface area contributed by atoms with Crippen LogP contribution >= 0.6 is 31.9 Å². The van der Waals surface area contributed by atoms with E-state index >= 15 is 0 Å². The lowest BCUT2D eigenvalue weighted by Crippen LogP contribution is -2.30. The molecular formula is C34H36Br2N2O5. The highest BCUT2D eigenvalue weighted by Crippen LogP contribution is 2.28. The molecule has 0 radical (unpaired) electrons. The van der Waals surface area contributed by atoms with Gasteiger partial charge in [-0.1, -0.05) is 98.6 Å². The average Bonchev–Trinajstić information content (AvgIpc) is 3.01. The van der Waals surface area contributed by atoms with Gasteiger partial charge in [-0.2, -0.15) is 0 Å². The summed E-state index contributed by atoms with van der Waals surface area (Å²) >= 11 is 6.81. The Morgan fingerprint density at radius 3 is 1.95 bits per heavy atom. The van der Waals surface area contributed by atoms with Crippen LogP contribution in [-0.2, 0) is 6.54 Å². The van der Waals surface area contributed by atoms with Crippen molar-refractivity contribution in [3.63, 3.8) is 0 Å². The van der Waals surface area contributed by atoms with Crippen LogP contribution < -0.4 is 0 Å². The number of likely N-dealkylation sites (N-methyl/N-ethyl adjacent to an activating group) is 2. The Hall–Kier alpha value is -3.18. The van der Waals surface area contributed by atoms with E-state index in [1.807, 2.05) is 66.5 Å². The second kappa shape index (κ2) is 17.2. The van der Waals surface area contributed by atoms with E-state index in [9.17, 15) is 14.7 Å². The van der Waals surface area contributed by atoms with Crippen LogP contribution in [0.2, 0.25) is 0 Å². The predicted molar refractivity (Wildman–Crippen MR) is 176 cm³/mol. The monoisotopic (exact) mass is 710 g/mol. The summed E-state index contributed by atoms with van der Waals surface area (Å²) in [5.41, 5.74) is 4.03. The Morgan fingerprint density at radius 1 is 0.744 bits per heavy atom. The van der Waals surface area contributed by atoms with E-state index in [4.69, 9.17) is 10.2 Å². The van der Waals surface area contributed by atoms with Gasteiger partial charge in [0.15, 0.2) is 5.78 Å². The van der Waals surface area contributed by atoms with Gasteiger partial charge in [-0.15, -0.1) is 0 Å². The first kappa shape index (κ1) is 34.3. The van der Waals surface area contributed by atoms with Crippen molar-refractivity contribution in [1.29, 1.82) is 0 Å². The first-order valence-corrected chi connectivity index (χ1v) is 15.3. The molecular weight excluding hydrogens is 676 g/mol. The van der Waals surface area contributed by atoms with Crippen molar-refractivity contribution in [1.82, 2.24) is 9.80 Å². The van der Waals surface area contributed by atoms with Crippen LogP contribution in [0, 0.1) is 0 Å². The summed E-state index contributed by atoms with van der Waals surface area (Å²) in [6.45, 7) is 1.50. The molecule has 0 aliphatic heterocycles. The molecule has 0 bridgehead atoms. The third-order valence-corrected chi connectivity index (χ3v) is 7.70. The summed E-state index contributed by atoms with van der Waals surface area (Å²) in [6.07, 6.45) is -0.642. The summed E-state index contributed by atoms with van der Waals surface area (Å²) in [6, 6.07) is 29.4. The number of amides is 1. The van der Waals surface area contributed by atoms with E-state index in [2.05, 4.69) is 31.9 Å². The maximum absolute atomic E-state index is 12.6. The molecule has 0 aliphatic carbocycles. The standard InChI is InChI=1S/C17H16BrNO3.C17H20BrNO2/c1-19(9-10-20)17(22)15-11-13(18)7-8-14(15)16(21)12-5-3-2-4-6-12;1-19(9-10-20)12-14-11-15(18)7-8-16(14)17(21)13-5-3-2-4-6-13/h2-8,11,20H,9-10H2,1H3;2-8,11,17,20-21H,9-10,12H2,1H3. The molecule has 7 nitrogen and oxygen atoms in total. The largest absolute Gasteiger partial charge is 0.395 e. The molecule has 3 N–H and O–H groups in total. The minimum atomic E-state index is -0.642. The second-order valence-corrected chi connectivity index (χ2v) is 11.8. The molecule has 4 aromatic rings. The lowest BCUT2D eigenvalue weighted by atomic mass is 9.96. The minimum absolute atomic E-state index is 0.126. The number of ketones is 1. The fraction of sp³-hybridized carbons (Fsp3) is 0.235. The van der Waals surface area contributed by atoms with E-state index in [1.54, 1.807) is 49.5 Å². The molecule has 0 fully saturated rings. The van der Waals surface area contributed by atoms with Gasteiger partial charge in [0.2, 0.25) is 0 Å². The van der Waals surface area contributed by atoms with Crippen LogP contribution in [0.3, 0.4) is 0 Å². The summed E-state index contributed by atoms with van der Waals surface area (Å²) in [5, 5.41) is 28.6. The zero-order valence-electron chi connectivity index (χ0n) is 24.2. The molecule has 0 saturated carbocycles. The summed E-state index contributed by atoms with van der Waals surface area (Å²) < 4.78 is 1.71. The first-order valence-electron chi connectivity index (χ1n) is 13.7. The van der Waals surface area contributed by atoms with Crippen LogP contribution in [0.5, 0.6) is 0 Å². The van der Waals surface area contributed by atoms with Crippen molar-refractivity contribution in [2.45, 2.75) is 12.6 Å². The fourth-order valence-corrected chi connectivity index (χ4v) is 5.20. The zero-order chi connectivity index (χ0) is 31.4. The molecule has 0 saturated heterocycles. The van der Waals surface area contributed by atoms with Gasteiger partial charge in [-0.3, -0.25) is 14.5 Å². The maximum Gasteiger partial charge on any atom is 0.254 e. The van der Waals surface area contributed by atoms with E-state index in [1.165, 1.54) is 4.90 Å². The van der Waals surface area contributed by atoms with E-state index in [-0.39, 0.29) is 31.4 Å². The third kappa shape index (κ3) is 9.92. The van der Waals surface area contributed by atoms with Gasteiger partial charge in [0.25, 0.3) is 5.91 Å². The Labute approximate surface area is 269 Å². The predicted octanol–water partition coefficient (Wildman–Crippen LogP) is 5.70. The quantitative estimate of drug-likeness (QED) is 0.173. The molecule has 0 spiro atoms. The Bertz CT molecular complexity index is 1490. The molecule has 0 aromatic heterocycles. The van der Waals surface area contributed by atoms with Gasteiger partial charge >= 0.3 is 0 Å². The molecule has 1 unspecified atom stereocenters. The molecule has 226 valence electrons. The lowest BCUT2D eigenvalue weighted by Gasteiger charge is -2.21. The van der Waals surface area contributed by atoms with Gasteiger partial charge in [0, 0.05) is 46.8 Å². The lowest BCUT2D eigenvalue weighted by molar-refractivity contribution is 0.0762. The average molecular weight is 712 g/mol. The van der Waals surface area contributed by atoms with Gasteiger partial charge < -0.3 is 20.2 Å². The maximum atomic E-state index is 12.6. The van der Waals surface area contributed by atoms with Crippen molar-refractivity contribution >= 4 is 43.6 Å². The molecule has 43 heavy (non-hydrogen) atoms. The molecule has 9 heteroatoms. The third-order valence-electron chi connectivity index (χ3n) is 6.71. The highest BCUT2D eigenvalue weighted by Gasteiger charge is 2.21. The van der Waals surface area contributed by atoms with E-state index < -0.39 is 6.10 Å². The minimum Gasteiger partial charge on any atom is -0.395 e. The Balaban J connectivity index is 0.000000236. The van der Waals surface area contributed by atoms with Crippen LogP contribution in [-0.4, -0.2) is 77.2 Å². The van der Waals surface area contributed by atoms with Crippen molar-refractivity contribution in [3.8, 4) is 0 Å². The Kier molecular flexibility index (Phi) is 13.7. The van der Waals surface area contributed by atoms with Crippen molar-refractivity contribution in [3.05, 3.63) is 139 Å². The SMILES string of the molecule is CN(CCO)C(=O)c1cc(Br)ccc1C(=O)c1ccccc1.CN(CCO)Cc1cc(Br)ccc1C(O)c1ccccc1. The molecule has 0 heterocycles. The number of rotatable bonds is 11. The van der Waals surface area contributed by atoms with Gasteiger partial charge in [0.1, 0.15) is 6.10 Å². The number of halogens is 2. The van der Waals surface area contributed by atoms with Crippen molar-refractivity contribution < 1.29 is 24.9 Å². The fourth-order valence-electron chi connectivity index (χ4n) is 4.43. The topological polar surface area (TPSA) is 101 Å². The van der Waals surface area contributed by atoms with Gasteiger partial charge in [-0.05, 0) is 54.1 Å². The van der Waals surface area contributed by atoms with E-state index in [0.29, 0.717) is 29.8 Å². The van der Waals surface area contributed by atoms with Gasteiger partial charge in [0.05, 0.1) is 18.8 Å². The van der Waals surface area contributed by atoms with E-state index in [0.717, 1.165) is 25.6 Å². The zero-order valence-corrected chi connectivity index (χ0v) is 27.3. The molecule has 0 aliphatic rings. The second-order valence-electron chi connectivity index (χ2n) is 9.95. The van der Waals surface area contributed by atoms with Crippen LogP contribution in [0.1, 0.15) is 49.1 Å². The highest BCUT2D eigenvalue weighted by atomic mass is 79.9. The first-order chi connectivity index (χ1) is 20.7.